The van der Waals surface area contributed by atoms with Crippen LogP contribution in [0.25, 0.3) is 0 Å². The van der Waals surface area contributed by atoms with E-state index in [4.69, 9.17) is 4.74 Å². The van der Waals surface area contributed by atoms with Gasteiger partial charge in [0.05, 0.1) is 0 Å². The molecule has 2 aromatic rings. The SMILES string of the molecule is CC(=O)Nc1nnc(S(=O)(=O)N2CCC(Oc3ccc(C)cc3)CC2)s1. The van der Waals surface area contributed by atoms with Gasteiger partial charge in [-0.15, -0.1) is 10.2 Å². The number of nitrogens with one attached hydrogen (secondary N) is 1. The predicted octanol–water partition coefficient (Wildman–Crippen LogP) is 2.04. The van der Waals surface area contributed by atoms with Gasteiger partial charge in [-0.3, -0.25) is 4.79 Å². The van der Waals surface area contributed by atoms with Crippen LogP contribution in [0.3, 0.4) is 0 Å². The fourth-order valence-corrected chi connectivity index (χ4v) is 5.18. The minimum Gasteiger partial charge on any atom is -0.490 e. The molecule has 3 rings (SSSR count). The van der Waals surface area contributed by atoms with Crippen LogP contribution < -0.4 is 10.1 Å². The second kappa shape index (κ2) is 7.68. The van der Waals surface area contributed by atoms with Crippen molar-refractivity contribution in [1.29, 1.82) is 0 Å². The fraction of sp³-hybridized carbons (Fsp3) is 0.438. The van der Waals surface area contributed by atoms with Crippen LogP contribution in [0, 0.1) is 6.92 Å². The molecule has 0 bridgehead atoms. The van der Waals surface area contributed by atoms with Crippen molar-refractivity contribution in [2.75, 3.05) is 18.4 Å². The zero-order valence-corrected chi connectivity index (χ0v) is 16.1. The molecule has 1 aromatic heterocycles. The number of anilines is 1. The first-order chi connectivity index (χ1) is 12.3. The molecule has 0 radical (unpaired) electrons. The van der Waals surface area contributed by atoms with Crippen LogP contribution in [0.4, 0.5) is 5.13 Å². The van der Waals surface area contributed by atoms with Crippen molar-refractivity contribution in [3.05, 3.63) is 29.8 Å². The Bertz CT molecular complexity index is 872. The Labute approximate surface area is 156 Å². The van der Waals surface area contributed by atoms with Gasteiger partial charge >= 0.3 is 0 Å². The van der Waals surface area contributed by atoms with E-state index in [1.165, 1.54) is 11.2 Å². The zero-order chi connectivity index (χ0) is 18.7. The Hall–Kier alpha value is -2.04. The number of amides is 1. The number of benzene rings is 1. The largest absolute Gasteiger partial charge is 0.490 e. The summed E-state index contributed by atoms with van der Waals surface area (Å²) >= 11 is 0.852. The lowest BCUT2D eigenvalue weighted by Gasteiger charge is -2.30. The van der Waals surface area contributed by atoms with E-state index in [0.29, 0.717) is 25.9 Å². The third-order valence-electron chi connectivity index (χ3n) is 3.97. The second-order valence-electron chi connectivity index (χ2n) is 6.09. The van der Waals surface area contributed by atoms with Crippen LogP contribution in [0.5, 0.6) is 5.75 Å². The van der Waals surface area contributed by atoms with Crippen molar-refractivity contribution in [2.24, 2.45) is 0 Å². The van der Waals surface area contributed by atoms with Gasteiger partial charge in [0.1, 0.15) is 11.9 Å². The highest BCUT2D eigenvalue weighted by Gasteiger charge is 2.33. The molecule has 8 nitrogen and oxygen atoms in total. The summed E-state index contributed by atoms with van der Waals surface area (Å²) in [7, 11) is -3.71. The molecule has 1 aliphatic heterocycles. The third kappa shape index (κ3) is 4.37. The first-order valence-electron chi connectivity index (χ1n) is 8.19. The van der Waals surface area contributed by atoms with E-state index in [9.17, 15) is 13.2 Å². The molecule has 1 saturated heterocycles. The smallest absolute Gasteiger partial charge is 0.272 e. The van der Waals surface area contributed by atoms with E-state index in [1.54, 1.807) is 0 Å². The molecular formula is C16H20N4O4S2. The molecule has 10 heteroatoms. The number of rotatable bonds is 5. The maximum absolute atomic E-state index is 12.7. The van der Waals surface area contributed by atoms with Crippen LogP contribution >= 0.6 is 11.3 Å². The summed E-state index contributed by atoms with van der Waals surface area (Å²) < 4.78 is 32.5. The Morgan fingerprint density at radius 2 is 1.88 bits per heavy atom. The predicted molar refractivity (Wildman–Crippen MR) is 97.8 cm³/mol. The number of aryl methyl sites for hydroxylation is 1. The highest BCUT2D eigenvalue weighted by molar-refractivity contribution is 7.91. The molecule has 1 aliphatic rings. The average Bonchev–Trinajstić information content (AvgIpc) is 3.06. The highest BCUT2D eigenvalue weighted by Crippen LogP contribution is 2.27. The van der Waals surface area contributed by atoms with Gasteiger partial charge in [-0.2, -0.15) is 4.31 Å². The highest BCUT2D eigenvalue weighted by atomic mass is 32.2. The van der Waals surface area contributed by atoms with Gasteiger partial charge in [0, 0.05) is 20.0 Å². The number of hydrogen-bond donors (Lipinski definition) is 1. The Morgan fingerprint density at radius 1 is 1.23 bits per heavy atom. The molecule has 0 unspecified atom stereocenters. The van der Waals surface area contributed by atoms with Crippen molar-refractivity contribution in [3.63, 3.8) is 0 Å². The Kier molecular flexibility index (Phi) is 5.54. The van der Waals surface area contributed by atoms with Crippen molar-refractivity contribution in [3.8, 4) is 5.75 Å². The molecule has 140 valence electrons. The quantitative estimate of drug-likeness (QED) is 0.776. The maximum Gasteiger partial charge on any atom is 0.272 e. The lowest BCUT2D eigenvalue weighted by Crippen LogP contribution is -2.41. The van der Waals surface area contributed by atoms with Crippen molar-refractivity contribution in [2.45, 2.75) is 37.1 Å². The molecule has 1 aromatic carbocycles. The number of carbonyl (C=O) groups excluding carboxylic acids is 1. The van der Waals surface area contributed by atoms with Gasteiger partial charge in [-0.1, -0.05) is 29.0 Å². The Balaban J connectivity index is 1.60. The monoisotopic (exact) mass is 396 g/mol. The topological polar surface area (TPSA) is 101 Å². The summed E-state index contributed by atoms with van der Waals surface area (Å²) in [6.07, 6.45) is 1.18. The first kappa shape index (κ1) is 18.7. The summed E-state index contributed by atoms with van der Waals surface area (Å²) in [6, 6.07) is 7.81. The molecule has 0 atom stereocenters. The fourth-order valence-electron chi connectivity index (χ4n) is 2.63. The van der Waals surface area contributed by atoms with Crippen LogP contribution in [-0.4, -0.2) is 48.0 Å². The number of ether oxygens (including phenoxy) is 1. The number of aromatic nitrogens is 2. The average molecular weight is 396 g/mol. The summed E-state index contributed by atoms with van der Waals surface area (Å²) in [4.78, 5) is 11.0. The first-order valence-corrected chi connectivity index (χ1v) is 10.4. The third-order valence-corrected chi connectivity index (χ3v) is 7.06. The van der Waals surface area contributed by atoms with E-state index in [1.807, 2.05) is 31.2 Å². The molecule has 1 fully saturated rings. The second-order valence-corrected chi connectivity index (χ2v) is 9.18. The minimum absolute atomic E-state index is 0.0199. The van der Waals surface area contributed by atoms with E-state index < -0.39 is 10.0 Å². The van der Waals surface area contributed by atoms with E-state index in [2.05, 4.69) is 15.5 Å². The van der Waals surface area contributed by atoms with Gasteiger partial charge in [-0.25, -0.2) is 8.42 Å². The van der Waals surface area contributed by atoms with Gasteiger partial charge in [0.25, 0.3) is 10.0 Å². The van der Waals surface area contributed by atoms with Crippen LogP contribution in [0.15, 0.2) is 28.6 Å². The van der Waals surface area contributed by atoms with Gasteiger partial charge in [0.15, 0.2) is 0 Å². The number of carbonyl (C=O) groups is 1. The van der Waals surface area contributed by atoms with Crippen molar-refractivity contribution in [1.82, 2.24) is 14.5 Å². The number of nitrogens with zero attached hydrogens (tertiary/aromatic N) is 3. The van der Waals surface area contributed by atoms with Crippen molar-refractivity contribution < 1.29 is 17.9 Å². The molecule has 2 heterocycles. The van der Waals surface area contributed by atoms with E-state index in [0.717, 1.165) is 22.6 Å². The molecular weight excluding hydrogens is 376 g/mol. The maximum atomic E-state index is 12.7. The normalized spacial score (nSPS) is 16.4. The number of piperidine rings is 1. The lowest BCUT2D eigenvalue weighted by molar-refractivity contribution is -0.114. The standard InChI is InChI=1S/C16H20N4O4S2/c1-11-3-5-13(6-4-11)24-14-7-9-20(10-8-14)26(22,23)16-19-18-15(25-16)17-12(2)21/h3-6,14H,7-10H2,1-2H3,(H,17,18,21). The summed E-state index contributed by atoms with van der Waals surface area (Å²) in [6.45, 7) is 4.05. The molecule has 0 aliphatic carbocycles. The zero-order valence-electron chi connectivity index (χ0n) is 14.5. The molecule has 0 saturated carbocycles. The number of sulfonamides is 1. The molecule has 26 heavy (non-hydrogen) atoms. The van der Waals surface area contributed by atoms with Crippen LogP contribution in [-0.2, 0) is 14.8 Å². The summed E-state index contributed by atoms with van der Waals surface area (Å²) in [5.41, 5.74) is 1.16. The minimum atomic E-state index is -3.71. The molecule has 0 spiro atoms. The van der Waals surface area contributed by atoms with E-state index in [-0.39, 0.29) is 21.5 Å². The summed E-state index contributed by atoms with van der Waals surface area (Å²) in [5, 5.41) is 10.0. The Morgan fingerprint density at radius 3 is 2.50 bits per heavy atom. The van der Waals surface area contributed by atoms with Gasteiger partial charge in [0.2, 0.25) is 15.4 Å². The van der Waals surface area contributed by atoms with Gasteiger partial charge < -0.3 is 10.1 Å². The van der Waals surface area contributed by atoms with Gasteiger partial charge in [-0.05, 0) is 31.9 Å². The molecule has 1 amide bonds. The van der Waals surface area contributed by atoms with Crippen LogP contribution in [0.1, 0.15) is 25.3 Å². The lowest BCUT2D eigenvalue weighted by atomic mass is 10.1. The summed E-state index contributed by atoms with van der Waals surface area (Å²) in [5.74, 6) is 0.472. The number of hydrogen-bond acceptors (Lipinski definition) is 7. The molecule has 1 N–H and O–H groups in total. The van der Waals surface area contributed by atoms with E-state index >= 15 is 0 Å². The van der Waals surface area contributed by atoms with Crippen molar-refractivity contribution >= 4 is 32.4 Å². The van der Waals surface area contributed by atoms with Crippen LogP contribution in [0.2, 0.25) is 0 Å².